The van der Waals surface area contributed by atoms with Gasteiger partial charge in [-0.2, -0.15) is 0 Å². The zero-order chi connectivity index (χ0) is 16.4. The summed E-state index contributed by atoms with van der Waals surface area (Å²) in [7, 11) is 0. The second-order valence-electron chi connectivity index (χ2n) is 4.14. The monoisotopic (exact) mass is 312 g/mol. The second kappa shape index (κ2) is 5.72. The summed E-state index contributed by atoms with van der Waals surface area (Å²) in [6, 6.07) is 4.04. The lowest BCUT2D eigenvalue weighted by Crippen LogP contribution is -2.15. The smallest absolute Gasteiger partial charge is 0.271 e. The van der Waals surface area contributed by atoms with Crippen LogP contribution in [0.25, 0.3) is 0 Å². The quantitative estimate of drug-likeness (QED) is 0.394. The van der Waals surface area contributed by atoms with E-state index in [1.54, 1.807) is 0 Å². The number of nitrogens with zero attached hydrogens (tertiary/aromatic N) is 1. The van der Waals surface area contributed by atoms with Gasteiger partial charge in [-0.3, -0.25) is 14.9 Å². The van der Waals surface area contributed by atoms with E-state index >= 15 is 0 Å². The molecule has 0 saturated carbocycles. The third-order valence-electron chi connectivity index (χ3n) is 2.72. The summed E-state index contributed by atoms with van der Waals surface area (Å²) in [6.45, 7) is 0. The average Bonchev–Trinajstić information content (AvgIpc) is 2.46. The van der Waals surface area contributed by atoms with E-state index < -0.39 is 45.3 Å². The van der Waals surface area contributed by atoms with E-state index in [2.05, 4.69) is 0 Å². The molecule has 0 radical (unpaired) electrons. The van der Waals surface area contributed by atoms with Crippen molar-refractivity contribution < 1.29 is 28.0 Å². The lowest BCUT2D eigenvalue weighted by atomic mass is 10.1. The van der Waals surface area contributed by atoms with Crippen LogP contribution < -0.4 is 5.32 Å². The third kappa shape index (κ3) is 2.82. The Labute approximate surface area is 121 Å². The summed E-state index contributed by atoms with van der Waals surface area (Å²) in [6.07, 6.45) is 0. The van der Waals surface area contributed by atoms with Crippen molar-refractivity contribution in [2.75, 3.05) is 5.32 Å². The highest BCUT2D eigenvalue weighted by Crippen LogP contribution is 2.28. The maximum atomic E-state index is 13.5. The fourth-order valence-corrected chi connectivity index (χ4v) is 1.63. The molecule has 22 heavy (non-hydrogen) atoms. The molecule has 0 aliphatic carbocycles. The predicted octanol–water partition coefficient (Wildman–Crippen LogP) is 2.97. The van der Waals surface area contributed by atoms with Crippen LogP contribution in [0.3, 0.4) is 0 Å². The number of benzene rings is 2. The van der Waals surface area contributed by atoms with Crippen LogP contribution in [0.1, 0.15) is 10.4 Å². The maximum Gasteiger partial charge on any atom is 0.271 e. The van der Waals surface area contributed by atoms with E-state index in [1.807, 2.05) is 5.32 Å². The number of nitrogens with one attached hydrogen (secondary N) is 1. The van der Waals surface area contributed by atoms with E-state index in [0.29, 0.717) is 12.1 Å². The summed E-state index contributed by atoms with van der Waals surface area (Å²) in [5.74, 6) is -6.71. The fraction of sp³-hybridized carbons (Fsp3) is 0. The molecule has 1 amide bonds. The molecule has 0 aliphatic rings. The summed E-state index contributed by atoms with van der Waals surface area (Å²) >= 11 is 0. The van der Waals surface area contributed by atoms with Crippen LogP contribution in [-0.2, 0) is 0 Å². The van der Waals surface area contributed by atoms with Gasteiger partial charge in [-0.15, -0.1) is 0 Å². The number of nitro benzene ring substituents is 1. The molecular weight excluding hydrogens is 305 g/mol. The number of phenolic OH excluding ortho intramolecular Hbond substituents is 1. The first-order valence-corrected chi connectivity index (χ1v) is 5.73. The van der Waals surface area contributed by atoms with E-state index in [0.717, 1.165) is 18.2 Å². The molecule has 0 atom stereocenters. The Hall–Kier alpha value is -3.10. The molecule has 0 heterocycles. The zero-order valence-corrected chi connectivity index (χ0v) is 10.6. The number of carbonyl (C=O) groups excluding carboxylic acids is 1. The number of amides is 1. The van der Waals surface area contributed by atoms with Crippen molar-refractivity contribution in [2.24, 2.45) is 0 Å². The normalized spacial score (nSPS) is 10.3. The fourth-order valence-electron chi connectivity index (χ4n) is 1.63. The van der Waals surface area contributed by atoms with Crippen LogP contribution in [0.2, 0.25) is 0 Å². The summed E-state index contributed by atoms with van der Waals surface area (Å²) in [5, 5.41) is 22.1. The number of nitro groups is 1. The van der Waals surface area contributed by atoms with Gasteiger partial charge >= 0.3 is 0 Å². The average molecular weight is 312 g/mol. The lowest BCUT2D eigenvalue weighted by Gasteiger charge is -2.08. The van der Waals surface area contributed by atoms with Gasteiger partial charge in [-0.25, -0.2) is 13.2 Å². The largest absolute Gasteiger partial charge is 0.506 e. The molecule has 0 aliphatic heterocycles. The Bertz CT molecular complexity index is 780. The molecule has 0 aromatic heterocycles. The minimum Gasteiger partial charge on any atom is -0.506 e. The van der Waals surface area contributed by atoms with Gasteiger partial charge in [-0.05, 0) is 18.2 Å². The van der Waals surface area contributed by atoms with Crippen LogP contribution >= 0.6 is 0 Å². The van der Waals surface area contributed by atoms with Crippen LogP contribution in [-0.4, -0.2) is 15.9 Å². The topological polar surface area (TPSA) is 92.5 Å². The number of carbonyl (C=O) groups is 1. The Morgan fingerprint density at radius 1 is 1.14 bits per heavy atom. The molecule has 2 aromatic carbocycles. The van der Waals surface area contributed by atoms with Gasteiger partial charge in [0, 0.05) is 12.1 Å². The summed E-state index contributed by atoms with van der Waals surface area (Å²) < 4.78 is 39.3. The number of phenols is 1. The van der Waals surface area contributed by atoms with E-state index in [1.165, 1.54) is 0 Å². The number of anilines is 1. The van der Waals surface area contributed by atoms with Crippen LogP contribution in [0.4, 0.5) is 24.5 Å². The highest BCUT2D eigenvalue weighted by atomic mass is 19.2. The lowest BCUT2D eigenvalue weighted by molar-refractivity contribution is -0.384. The van der Waals surface area contributed by atoms with E-state index in [-0.39, 0.29) is 5.69 Å². The van der Waals surface area contributed by atoms with Crippen molar-refractivity contribution in [1.29, 1.82) is 0 Å². The van der Waals surface area contributed by atoms with Crippen molar-refractivity contribution >= 4 is 17.3 Å². The van der Waals surface area contributed by atoms with Crippen molar-refractivity contribution in [3.05, 3.63) is 63.5 Å². The Morgan fingerprint density at radius 2 is 1.82 bits per heavy atom. The number of rotatable bonds is 3. The standard InChI is InChI=1S/C13H7F3N2O4/c14-8-3-2-7(11(15)12(8)16)13(20)17-9-5-6(18(21)22)1-4-10(9)19/h1-5,19H,(H,17,20). The number of hydrogen-bond donors (Lipinski definition) is 2. The molecule has 0 bridgehead atoms. The minimum absolute atomic E-state index is 0.372. The number of hydrogen-bond acceptors (Lipinski definition) is 4. The van der Waals surface area contributed by atoms with Crippen molar-refractivity contribution in [1.82, 2.24) is 0 Å². The summed E-state index contributed by atoms with van der Waals surface area (Å²) in [5.41, 5.74) is -1.62. The number of aromatic hydroxyl groups is 1. The predicted molar refractivity (Wildman–Crippen MR) is 69.0 cm³/mol. The molecule has 9 heteroatoms. The van der Waals surface area contributed by atoms with Gasteiger partial charge in [0.2, 0.25) is 0 Å². The van der Waals surface area contributed by atoms with Gasteiger partial charge in [0.25, 0.3) is 11.6 Å². The molecule has 114 valence electrons. The van der Waals surface area contributed by atoms with Gasteiger partial charge < -0.3 is 10.4 Å². The first-order valence-electron chi connectivity index (χ1n) is 5.73. The molecule has 2 aromatic rings. The molecule has 6 nitrogen and oxygen atoms in total. The first kappa shape index (κ1) is 15.3. The van der Waals surface area contributed by atoms with Crippen LogP contribution in [0.5, 0.6) is 5.75 Å². The Morgan fingerprint density at radius 3 is 2.45 bits per heavy atom. The van der Waals surface area contributed by atoms with Gasteiger partial charge in [0.05, 0.1) is 16.2 Å². The second-order valence-corrected chi connectivity index (χ2v) is 4.14. The highest BCUT2D eigenvalue weighted by molar-refractivity contribution is 6.05. The summed E-state index contributed by atoms with van der Waals surface area (Å²) in [4.78, 5) is 21.7. The SMILES string of the molecule is O=C(Nc1cc([N+](=O)[O-])ccc1O)c1ccc(F)c(F)c1F. The van der Waals surface area contributed by atoms with Crippen LogP contribution in [0.15, 0.2) is 30.3 Å². The Kier molecular flexibility index (Phi) is 3.97. The van der Waals surface area contributed by atoms with Gasteiger partial charge in [-0.1, -0.05) is 0 Å². The van der Waals surface area contributed by atoms with Crippen molar-refractivity contribution in [2.45, 2.75) is 0 Å². The maximum absolute atomic E-state index is 13.5. The zero-order valence-electron chi connectivity index (χ0n) is 10.6. The molecule has 0 fully saturated rings. The van der Waals surface area contributed by atoms with Gasteiger partial charge in [0.1, 0.15) is 5.75 Å². The van der Waals surface area contributed by atoms with E-state index in [4.69, 9.17) is 0 Å². The molecule has 2 N–H and O–H groups in total. The molecule has 2 rings (SSSR count). The molecule has 0 saturated heterocycles. The van der Waals surface area contributed by atoms with E-state index in [9.17, 15) is 33.2 Å². The van der Waals surface area contributed by atoms with Crippen molar-refractivity contribution in [3.63, 3.8) is 0 Å². The number of non-ortho nitro benzene ring substituents is 1. The molecule has 0 unspecified atom stereocenters. The van der Waals surface area contributed by atoms with Crippen LogP contribution in [0, 0.1) is 27.6 Å². The minimum atomic E-state index is -1.82. The molecule has 0 spiro atoms. The number of halogens is 3. The highest BCUT2D eigenvalue weighted by Gasteiger charge is 2.20. The third-order valence-corrected chi connectivity index (χ3v) is 2.72. The van der Waals surface area contributed by atoms with Gasteiger partial charge in [0.15, 0.2) is 17.5 Å². The Balaban J connectivity index is 2.35. The molecular formula is C13H7F3N2O4. The first-order chi connectivity index (χ1) is 10.3. The van der Waals surface area contributed by atoms with Crippen molar-refractivity contribution in [3.8, 4) is 5.75 Å².